The van der Waals surface area contributed by atoms with Crippen LogP contribution in [0.15, 0.2) is 24.8 Å². The summed E-state index contributed by atoms with van der Waals surface area (Å²) in [5.74, 6) is 3.79. The van der Waals surface area contributed by atoms with Crippen molar-refractivity contribution < 1.29 is 0 Å². The van der Waals surface area contributed by atoms with Crippen LogP contribution in [0.25, 0.3) is 0 Å². The van der Waals surface area contributed by atoms with Crippen molar-refractivity contribution in [3.63, 3.8) is 0 Å². The fourth-order valence-corrected chi connectivity index (χ4v) is 8.11. The second kappa shape index (κ2) is 12.0. The molecular weight excluding hydrogens is 458 g/mol. The van der Waals surface area contributed by atoms with E-state index in [1.54, 1.807) is 0 Å². The molecule has 1 spiro atoms. The van der Waals surface area contributed by atoms with Gasteiger partial charge < -0.3 is 19.8 Å². The minimum Gasteiger partial charge on any atom is -0.348 e. The second-order valence-electron chi connectivity index (χ2n) is 12.9. The molecule has 2 aliphatic heterocycles. The number of aromatic amines is 2. The molecule has 0 bridgehead atoms. The number of likely N-dealkylation sites (tertiary alicyclic amines) is 2. The third kappa shape index (κ3) is 6.66. The van der Waals surface area contributed by atoms with Crippen LogP contribution in [-0.4, -0.2) is 79.9 Å². The Morgan fingerprint density at radius 3 is 2.03 bits per heavy atom. The topological polar surface area (TPSA) is 67.1 Å². The van der Waals surface area contributed by atoms with Crippen molar-refractivity contribution in [2.75, 3.05) is 39.3 Å². The number of hydrogen-bond acceptors (Lipinski definition) is 5. The van der Waals surface area contributed by atoms with Gasteiger partial charge in [-0.15, -0.1) is 0 Å². The number of nitrogens with zero attached hydrogens (tertiary/aromatic N) is 5. The van der Waals surface area contributed by atoms with Crippen LogP contribution in [0.4, 0.5) is 0 Å². The maximum atomic E-state index is 4.48. The number of H-pyrrole nitrogens is 2. The van der Waals surface area contributed by atoms with Gasteiger partial charge in [-0.1, -0.05) is 19.3 Å². The zero-order chi connectivity index (χ0) is 24.9. The maximum Gasteiger partial charge on any atom is 0.120 e. The Hall–Kier alpha value is -1.70. The van der Waals surface area contributed by atoms with E-state index in [9.17, 15) is 0 Å². The predicted octanol–water partition coefficient (Wildman–Crippen LogP) is 5.06. The number of piperidine rings is 1. The molecule has 204 valence electrons. The third-order valence-electron chi connectivity index (χ3n) is 10.3. The van der Waals surface area contributed by atoms with Crippen LogP contribution >= 0.6 is 0 Å². The summed E-state index contributed by atoms with van der Waals surface area (Å²) in [5.41, 5.74) is 0.639. The van der Waals surface area contributed by atoms with Gasteiger partial charge in [0.25, 0.3) is 0 Å². The van der Waals surface area contributed by atoms with Crippen LogP contribution in [0, 0.1) is 17.3 Å². The van der Waals surface area contributed by atoms with E-state index in [1.807, 2.05) is 24.8 Å². The summed E-state index contributed by atoms with van der Waals surface area (Å²) in [7, 11) is 0. The van der Waals surface area contributed by atoms with Gasteiger partial charge >= 0.3 is 0 Å². The second-order valence-corrected chi connectivity index (χ2v) is 12.9. The largest absolute Gasteiger partial charge is 0.348 e. The molecule has 7 nitrogen and oxygen atoms in total. The van der Waals surface area contributed by atoms with Gasteiger partial charge in [-0.3, -0.25) is 4.90 Å². The minimum absolute atomic E-state index is 0.639. The van der Waals surface area contributed by atoms with E-state index in [0.717, 1.165) is 49.2 Å². The zero-order valence-electron chi connectivity index (χ0n) is 22.9. The summed E-state index contributed by atoms with van der Waals surface area (Å²) in [6.07, 6.45) is 24.8. The minimum atomic E-state index is 0.639. The molecule has 0 radical (unpaired) electrons. The Kier molecular flexibility index (Phi) is 8.29. The van der Waals surface area contributed by atoms with Gasteiger partial charge in [0.1, 0.15) is 11.6 Å². The molecule has 4 aliphatic rings. The molecule has 4 fully saturated rings. The SMILES string of the molecule is c1c[nH]c(CN(Cc2ncc[nH]2)CC2CCC(CN3CCC4(CCN(C5CCCCC5)CC4)C3)CC2)n1. The highest BCUT2D eigenvalue weighted by atomic mass is 15.2. The van der Waals surface area contributed by atoms with E-state index in [2.05, 4.69) is 34.6 Å². The first-order chi connectivity index (χ1) is 18.2. The maximum absolute atomic E-state index is 4.48. The Balaban J connectivity index is 0.936. The molecule has 0 unspecified atom stereocenters. The lowest BCUT2D eigenvalue weighted by atomic mass is 9.77. The Morgan fingerprint density at radius 1 is 0.784 bits per heavy atom. The molecule has 0 amide bonds. The molecule has 2 N–H and O–H groups in total. The number of rotatable bonds is 9. The van der Waals surface area contributed by atoms with E-state index in [-0.39, 0.29) is 0 Å². The van der Waals surface area contributed by atoms with E-state index < -0.39 is 0 Å². The molecule has 0 atom stereocenters. The first-order valence-corrected chi connectivity index (χ1v) is 15.4. The summed E-state index contributed by atoms with van der Waals surface area (Å²) in [6, 6.07) is 0.910. The molecule has 2 saturated heterocycles. The molecule has 6 rings (SSSR count). The summed E-state index contributed by atoms with van der Waals surface area (Å²) < 4.78 is 0. The summed E-state index contributed by atoms with van der Waals surface area (Å²) in [6.45, 7) is 9.69. The average Bonchev–Trinajstić information content (AvgIpc) is 3.71. The normalized spacial score (nSPS) is 27.9. The number of imidazole rings is 2. The van der Waals surface area contributed by atoms with Gasteiger partial charge in [0.15, 0.2) is 0 Å². The predicted molar refractivity (Wildman–Crippen MR) is 148 cm³/mol. The van der Waals surface area contributed by atoms with Crippen molar-refractivity contribution in [2.24, 2.45) is 17.3 Å². The fourth-order valence-electron chi connectivity index (χ4n) is 8.11. The van der Waals surface area contributed by atoms with Gasteiger partial charge in [-0.05, 0) is 94.7 Å². The summed E-state index contributed by atoms with van der Waals surface area (Å²) >= 11 is 0. The van der Waals surface area contributed by atoms with Crippen molar-refractivity contribution in [1.82, 2.24) is 34.6 Å². The van der Waals surface area contributed by atoms with Gasteiger partial charge in [-0.25, -0.2) is 9.97 Å². The van der Waals surface area contributed by atoms with Gasteiger partial charge in [0, 0.05) is 50.5 Å². The lowest BCUT2D eigenvalue weighted by Gasteiger charge is -2.44. The smallest absolute Gasteiger partial charge is 0.120 e. The highest BCUT2D eigenvalue weighted by molar-refractivity contribution is 4.96. The van der Waals surface area contributed by atoms with Crippen molar-refractivity contribution in [3.05, 3.63) is 36.4 Å². The lowest BCUT2D eigenvalue weighted by Crippen LogP contribution is -2.46. The van der Waals surface area contributed by atoms with Crippen LogP contribution in [0.3, 0.4) is 0 Å². The van der Waals surface area contributed by atoms with Gasteiger partial charge in [-0.2, -0.15) is 0 Å². The highest BCUT2D eigenvalue weighted by Crippen LogP contribution is 2.42. The Labute approximate surface area is 223 Å². The van der Waals surface area contributed by atoms with Crippen molar-refractivity contribution in [1.29, 1.82) is 0 Å². The lowest BCUT2D eigenvalue weighted by molar-refractivity contribution is 0.0598. The van der Waals surface area contributed by atoms with Crippen LogP contribution in [0.1, 0.15) is 88.7 Å². The Morgan fingerprint density at radius 2 is 1.41 bits per heavy atom. The fraction of sp³-hybridized carbons (Fsp3) is 0.800. The van der Waals surface area contributed by atoms with E-state index >= 15 is 0 Å². The molecule has 37 heavy (non-hydrogen) atoms. The van der Waals surface area contributed by atoms with Gasteiger partial charge in [0.2, 0.25) is 0 Å². The summed E-state index contributed by atoms with van der Waals surface area (Å²) in [4.78, 5) is 23.8. The average molecular weight is 508 g/mol. The van der Waals surface area contributed by atoms with Crippen LogP contribution < -0.4 is 0 Å². The van der Waals surface area contributed by atoms with Crippen LogP contribution in [-0.2, 0) is 13.1 Å². The van der Waals surface area contributed by atoms with Gasteiger partial charge in [0.05, 0.1) is 13.1 Å². The third-order valence-corrected chi connectivity index (χ3v) is 10.3. The molecule has 2 aromatic heterocycles. The monoisotopic (exact) mass is 507 g/mol. The Bertz CT molecular complexity index is 868. The summed E-state index contributed by atoms with van der Waals surface area (Å²) in [5, 5.41) is 0. The van der Waals surface area contributed by atoms with Crippen molar-refractivity contribution in [2.45, 2.75) is 96.2 Å². The quantitative estimate of drug-likeness (QED) is 0.497. The first kappa shape index (κ1) is 25.6. The molecule has 2 aromatic rings. The van der Waals surface area contributed by atoms with E-state index in [0.29, 0.717) is 5.41 Å². The van der Waals surface area contributed by atoms with E-state index in [4.69, 9.17) is 0 Å². The molecular formula is C30H49N7. The van der Waals surface area contributed by atoms with Crippen LogP contribution in [0.2, 0.25) is 0 Å². The van der Waals surface area contributed by atoms with Crippen molar-refractivity contribution in [3.8, 4) is 0 Å². The van der Waals surface area contributed by atoms with Crippen LogP contribution in [0.5, 0.6) is 0 Å². The number of nitrogens with one attached hydrogen (secondary N) is 2. The molecule has 7 heteroatoms. The van der Waals surface area contributed by atoms with Crippen molar-refractivity contribution >= 4 is 0 Å². The van der Waals surface area contributed by atoms with E-state index in [1.165, 1.54) is 110 Å². The zero-order valence-corrected chi connectivity index (χ0v) is 22.9. The molecule has 2 aliphatic carbocycles. The number of aromatic nitrogens is 4. The highest BCUT2D eigenvalue weighted by Gasteiger charge is 2.42. The molecule has 2 saturated carbocycles. The number of hydrogen-bond donors (Lipinski definition) is 2. The molecule has 4 heterocycles. The standard InChI is InChI=1S/C30H49N7/c1-2-4-27(5-3-1)37-18-11-30(12-19-37)10-17-35(24-30)20-25-6-8-26(9-7-25)21-36(22-28-31-13-14-32-28)23-29-33-15-16-34-29/h13-16,25-27H,1-12,17-24H2,(H,31,32)(H,33,34). The first-order valence-electron chi connectivity index (χ1n) is 15.4. The molecule has 0 aromatic carbocycles.